The van der Waals surface area contributed by atoms with Gasteiger partial charge in [-0.3, -0.25) is 0 Å². The molecule has 3 rings (SSSR count). The first-order valence-electron chi connectivity index (χ1n) is 10.3. The summed E-state index contributed by atoms with van der Waals surface area (Å²) >= 11 is 0. The highest BCUT2D eigenvalue weighted by Crippen LogP contribution is 3.02. The zero-order valence-electron chi connectivity index (χ0n) is 16.0. The van der Waals surface area contributed by atoms with Crippen molar-refractivity contribution < 1.29 is 19.4 Å². The van der Waals surface area contributed by atoms with Crippen LogP contribution in [-0.4, -0.2) is 0 Å². The highest BCUT2D eigenvalue weighted by molar-refractivity contribution is 8.45. The third kappa shape index (κ3) is 5.39. The third-order valence-corrected chi connectivity index (χ3v) is 7.99. The third-order valence-electron chi connectivity index (χ3n) is 6.82. The largest absolute Gasteiger partial charge is 0.310 e. The van der Waals surface area contributed by atoms with Crippen LogP contribution in [0.25, 0.3) is 0 Å². The van der Waals surface area contributed by atoms with Gasteiger partial charge in [0.25, 0.3) is 0 Å². The lowest BCUT2D eigenvalue weighted by atomic mass is 9.68. The van der Waals surface area contributed by atoms with Gasteiger partial charge in [-0.05, 0) is 79.9 Å². The fourth-order valence-electron chi connectivity index (χ4n) is 5.28. The van der Waals surface area contributed by atoms with Gasteiger partial charge in [-0.2, -0.15) is 0 Å². The summed E-state index contributed by atoms with van der Waals surface area (Å²) in [7, 11) is -9.56. The predicted octanol–water partition coefficient (Wildman–Crippen LogP) is 9.22. The monoisotopic (exact) mass is 410 g/mol. The van der Waals surface area contributed by atoms with Crippen LogP contribution < -0.4 is 0 Å². The standard InChI is InChI=1S/C21H31F5S/c1-2-3-16-4-6-17(7-5-16)18-8-10-19(11-9-18)20-12-14-21(15-13-20)27(22,23,24,25)26/h12-19H,2-11H2,1H3. The number of hydrogen-bond acceptors (Lipinski definition) is 0. The van der Waals surface area contributed by atoms with Gasteiger partial charge in [-0.1, -0.05) is 64.2 Å². The highest BCUT2D eigenvalue weighted by atomic mass is 32.5. The maximum absolute atomic E-state index is 12.9. The summed E-state index contributed by atoms with van der Waals surface area (Å²) in [5, 5.41) is 0. The van der Waals surface area contributed by atoms with Crippen molar-refractivity contribution in [2.75, 3.05) is 0 Å². The molecule has 6 heteroatoms. The molecule has 0 N–H and O–H groups in total. The second-order valence-electron chi connectivity index (χ2n) is 8.72. The molecule has 156 valence electrons. The van der Waals surface area contributed by atoms with E-state index in [4.69, 9.17) is 0 Å². The molecular formula is C21H31F5S. The Morgan fingerprint density at radius 2 is 1.22 bits per heavy atom. The Hall–Kier alpha value is -0.780. The SMILES string of the molecule is CCCC1CCC(C2CCC(c3ccc(S(F)(F)(F)(F)F)cc3)CC2)CC1. The van der Waals surface area contributed by atoms with E-state index in [1.807, 2.05) is 0 Å². The van der Waals surface area contributed by atoms with E-state index in [0.29, 0.717) is 12.1 Å². The molecule has 2 aliphatic carbocycles. The molecule has 0 aliphatic heterocycles. The number of hydrogen-bond donors (Lipinski definition) is 0. The first-order valence-corrected chi connectivity index (χ1v) is 12.3. The Balaban J connectivity index is 1.54. The summed E-state index contributed by atoms with van der Waals surface area (Å²) in [6.45, 7) is 2.25. The maximum Gasteiger partial charge on any atom is 0.310 e. The molecule has 0 bridgehead atoms. The molecule has 0 aromatic heterocycles. The van der Waals surface area contributed by atoms with Crippen LogP contribution in [0.2, 0.25) is 0 Å². The first-order chi connectivity index (χ1) is 12.5. The summed E-state index contributed by atoms with van der Waals surface area (Å²) in [6.07, 6.45) is 12.0. The molecule has 0 saturated heterocycles. The van der Waals surface area contributed by atoms with Crippen LogP contribution in [0.3, 0.4) is 0 Å². The van der Waals surface area contributed by atoms with Crippen molar-refractivity contribution in [3.63, 3.8) is 0 Å². The summed E-state index contributed by atoms with van der Waals surface area (Å²) < 4.78 is 64.3. The average molecular weight is 411 g/mol. The lowest BCUT2D eigenvalue weighted by Gasteiger charge is -2.41. The van der Waals surface area contributed by atoms with E-state index in [1.54, 1.807) is 0 Å². The Bertz CT molecular complexity index is 621. The van der Waals surface area contributed by atoms with Crippen molar-refractivity contribution >= 4 is 10.2 Å². The topological polar surface area (TPSA) is 0 Å². The second kappa shape index (κ2) is 6.93. The zero-order valence-corrected chi connectivity index (χ0v) is 16.8. The fraction of sp³-hybridized carbons (Fsp3) is 0.714. The number of rotatable bonds is 5. The molecule has 0 atom stereocenters. The van der Waals surface area contributed by atoms with Gasteiger partial charge < -0.3 is 0 Å². The van der Waals surface area contributed by atoms with E-state index in [-0.39, 0.29) is 5.92 Å². The Kier molecular flexibility index (Phi) is 5.37. The highest BCUT2D eigenvalue weighted by Gasteiger charge is 2.65. The van der Waals surface area contributed by atoms with E-state index in [1.165, 1.54) is 50.7 Å². The van der Waals surface area contributed by atoms with Crippen LogP contribution in [0, 0.1) is 17.8 Å². The van der Waals surface area contributed by atoms with Crippen molar-refractivity contribution in [1.82, 2.24) is 0 Å². The molecule has 2 saturated carbocycles. The van der Waals surface area contributed by atoms with Crippen LogP contribution in [-0.2, 0) is 0 Å². The zero-order chi connectivity index (χ0) is 19.8. The van der Waals surface area contributed by atoms with Gasteiger partial charge in [0.15, 0.2) is 0 Å². The number of benzene rings is 1. The molecular weight excluding hydrogens is 379 g/mol. The van der Waals surface area contributed by atoms with Gasteiger partial charge in [0.1, 0.15) is 4.90 Å². The minimum Gasteiger partial charge on any atom is -0.0936 e. The molecule has 0 amide bonds. The quantitative estimate of drug-likeness (QED) is 0.424. The Labute approximate surface area is 159 Å². The van der Waals surface area contributed by atoms with Crippen molar-refractivity contribution in [2.24, 2.45) is 17.8 Å². The predicted molar refractivity (Wildman–Crippen MR) is 103 cm³/mol. The van der Waals surface area contributed by atoms with E-state index in [9.17, 15) is 19.4 Å². The van der Waals surface area contributed by atoms with Gasteiger partial charge in [0, 0.05) is 0 Å². The van der Waals surface area contributed by atoms with E-state index in [2.05, 4.69) is 6.92 Å². The molecule has 1 aromatic carbocycles. The molecule has 1 aromatic rings. The Morgan fingerprint density at radius 1 is 0.741 bits per heavy atom. The molecule has 0 radical (unpaired) electrons. The summed E-state index contributed by atoms with van der Waals surface area (Å²) in [5.41, 5.74) is 0.769. The van der Waals surface area contributed by atoms with Crippen molar-refractivity contribution in [3.8, 4) is 0 Å². The van der Waals surface area contributed by atoms with Crippen LogP contribution in [0.15, 0.2) is 29.2 Å². The molecule has 2 aliphatic rings. The minimum atomic E-state index is -9.56. The van der Waals surface area contributed by atoms with Crippen LogP contribution in [0.5, 0.6) is 0 Å². The van der Waals surface area contributed by atoms with Gasteiger partial charge >= 0.3 is 10.2 Å². The first kappa shape index (κ1) is 20.9. The molecule has 27 heavy (non-hydrogen) atoms. The summed E-state index contributed by atoms with van der Waals surface area (Å²) in [5.74, 6) is 2.63. The van der Waals surface area contributed by atoms with Crippen LogP contribution >= 0.6 is 10.2 Å². The minimum absolute atomic E-state index is 0.199. The summed E-state index contributed by atoms with van der Waals surface area (Å²) in [6, 6.07) is 3.65. The van der Waals surface area contributed by atoms with E-state index >= 15 is 0 Å². The van der Waals surface area contributed by atoms with Crippen molar-refractivity contribution in [2.45, 2.75) is 81.9 Å². The second-order valence-corrected chi connectivity index (χ2v) is 11.1. The molecule has 2 fully saturated rings. The van der Waals surface area contributed by atoms with Crippen molar-refractivity contribution in [3.05, 3.63) is 29.8 Å². The molecule has 0 unspecified atom stereocenters. The smallest absolute Gasteiger partial charge is 0.0936 e. The average Bonchev–Trinajstić information content (AvgIpc) is 2.61. The van der Waals surface area contributed by atoms with E-state index < -0.39 is 15.1 Å². The van der Waals surface area contributed by atoms with Gasteiger partial charge in [-0.15, -0.1) is 0 Å². The lowest BCUT2D eigenvalue weighted by Crippen LogP contribution is -2.25. The Morgan fingerprint density at radius 3 is 1.67 bits per heavy atom. The lowest BCUT2D eigenvalue weighted by molar-refractivity contribution is 0.156. The van der Waals surface area contributed by atoms with Gasteiger partial charge in [0.2, 0.25) is 0 Å². The molecule has 0 spiro atoms. The summed E-state index contributed by atoms with van der Waals surface area (Å²) in [4.78, 5) is -1.78. The van der Waals surface area contributed by atoms with Crippen molar-refractivity contribution in [1.29, 1.82) is 0 Å². The van der Waals surface area contributed by atoms with Gasteiger partial charge in [-0.25, -0.2) is 0 Å². The van der Waals surface area contributed by atoms with Gasteiger partial charge in [0.05, 0.1) is 0 Å². The van der Waals surface area contributed by atoms with Crippen LogP contribution in [0.1, 0.15) is 82.6 Å². The van der Waals surface area contributed by atoms with Crippen LogP contribution in [0.4, 0.5) is 19.4 Å². The maximum atomic E-state index is 12.9. The fourth-order valence-corrected chi connectivity index (χ4v) is 5.93. The van der Waals surface area contributed by atoms with E-state index in [0.717, 1.165) is 49.0 Å². The normalized spacial score (nSPS) is 32.5. The molecule has 0 nitrogen and oxygen atoms in total. The number of halogens is 5. The molecule has 0 heterocycles.